The van der Waals surface area contributed by atoms with Gasteiger partial charge in [-0.25, -0.2) is 0 Å². The van der Waals surface area contributed by atoms with Gasteiger partial charge < -0.3 is 24.8 Å². The standard InChI is InChI=1S/C18H19N3O4/c1-23-15-8-14(9-16(24-2)18(15)25-3)20-11-17(22)21-13-6-4-5-12(7-13)10-19/h4-9,20H,11H2,1-3H3,(H,21,22). The number of ether oxygens (including phenoxy) is 3. The Morgan fingerprint density at radius 3 is 2.28 bits per heavy atom. The fourth-order valence-electron chi connectivity index (χ4n) is 2.24. The third kappa shape index (κ3) is 4.54. The van der Waals surface area contributed by atoms with E-state index in [1.807, 2.05) is 6.07 Å². The van der Waals surface area contributed by atoms with Gasteiger partial charge in [0.2, 0.25) is 11.7 Å². The first-order valence-corrected chi connectivity index (χ1v) is 7.45. The van der Waals surface area contributed by atoms with Gasteiger partial charge in [-0.2, -0.15) is 5.26 Å². The van der Waals surface area contributed by atoms with Gasteiger partial charge in [-0.1, -0.05) is 6.07 Å². The summed E-state index contributed by atoms with van der Waals surface area (Å²) in [4.78, 5) is 12.1. The van der Waals surface area contributed by atoms with Crippen LogP contribution >= 0.6 is 0 Å². The number of benzene rings is 2. The van der Waals surface area contributed by atoms with E-state index in [-0.39, 0.29) is 12.5 Å². The first-order chi connectivity index (χ1) is 12.1. The molecule has 1 amide bonds. The van der Waals surface area contributed by atoms with Gasteiger partial charge >= 0.3 is 0 Å². The van der Waals surface area contributed by atoms with Crippen LogP contribution in [0.5, 0.6) is 17.2 Å². The van der Waals surface area contributed by atoms with Crippen LogP contribution in [0.4, 0.5) is 11.4 Å². The van der Waals surface area contributed by atoms with Gasteiger partial charge in [-0.3, -0.25) is 4.79 Å². The maximum atomic E-state index is 12.1. The van der Waals surface area contributed by atoms with E-state index in [1.165, 1.54) is 21.3 Å². The summed E-state index contributed by atoms with van der Waals surface area (Å²) in [6, 6.07) is 12.2. The summed E-state index contributed by atoms with van der Waals surface area (Å²) in [5.41, 5.74) is 1.70. The lowest BCUT2D eigenvalue weighted by molar-refractivity contribution is -0.114. The van der Waals surface area contributed by atoms with Crippen molar-refractivity contribution in [2.75, 3.05) is 38.5 Å². The highest BCUT2D eigenvalue weighted by molar-refractivity contribution is 5.94. The van der Waals surface area contributed by atoms with Crippen LogP contribution < -0.4 is 24.8 Å². The molecule has 0 fully saturated rings. The topological polar surface area (TPSA) is 92.6 Å². The maximum absolute atomic E-state index is 12.1. The molecule has 0 radical (unpaired) electrons. The van der Waals surface area contributed by atoms with Crippen molar-refractivity contribution in [2.24, 2.45) is 0 Å². The molecule has 25 heavy (non-hydrogen) atoms. The molecule has 0 aromatic heterocycles. The summed E-state index contributed by atoms with van der Waals surface area (Å²) in [5, 5.41) is 14.6. The van der Waals surface area contributed by atoms with Gasteiger partial charge in [-0.05, 0) is 18.2 Å². The van der Waals surface area contributed by atoms with Crippen molar-refractivity contribution in [1.29, 1.82) is 5.26 Å². The summed E-state index contributed by atoms with van der Waals surface area (Å²) < 4.78 is 15.8. The van der Waals surface area contributed by atoms with Crippen LogP contribution in [0.3, 0.4) is 0 Å². The number of rotatable bonds is 7. The molecule has 0 saturated heterocycles. The average Bonchev–Trinajstić information content (AvgIpc) is 2.65. The molecule has 0 aliphatic rings. The molecule has 130 valence electrons. The molecule has 0 unspecified atom stereocenters. The Labute approximate surface area is 146 Å². The molecule has 0 saturated carbocycles. The first-order valence-electron chi connectivity index (χ1n) is 7.45. The van der Waals surface area contributed by atoms with Crippen molar-refractivity contribution in [1.82, 2.24) is 0 Å². The Morgan fingerprint density at radius 2 is 1.72 bits per heavy atom. The van der Waals surface area contributed by atoms with Crippen LogP contribution in [-0.2, 0) is 4.79 Å². The molecule has 0 aliphatic carbocycles. The van der Waals surface area contributed by atoms with E-state index in [9.17, 15) is 4.79 Å². The number of amides is 1. The lowest BCUT2D eigenvalue weighted by atomic mass is 10.2. The summed E-state index contributed by atoms with van der Waals surface area (Å²) in [6.45, 7) is 0.0371. The van der Waals surface area contributed by atoms with Crippen LogP contribution in [0.1, 0.15) is 5.56 Å². The largest absolute Gasteiger partial charge is 0.493 e. The zero-order valence-corrected chi connectivity index (χ0v) is 14.3. The normalized spacial score (nSPS) is 9.68. The SMILES string of the molecule is COc1cc(NCC(=O)Nc2cccc(C#N)c2)cc(OC)c1OC. The second-order valence-corrected chi connectivity index (χ2v) is 5.01. The molecule has 7 nitrogen and oxygen atoms in total. The summed E-state index contributed by atoms with van der Waals surface area (Å²) in [5.74, 6) is 1.22. The maximum Gasteiger partial charge on any atom is 0.243 e. The van der Waals surface area contributed by atoms with E-state index in [2.05, 4.69) is 10.6 Å². The second-order valence-electron chi connectivity index (χ2n) is 5.01. The average molecular weight is 341 g/mol. The number of nitrogens with zero attached hydrogens (tertiary/aromatic N) is 1. The van der Waals surface area contributed by atoms with E-state index in [0.29, 0.717) is 34.2 Å². The fourth-order valence-corrected chi connectivity index (χ4v) is 2.24. The number of anilines is 2. The van der Waals surface area contributed by atoms with E-state index in [1.54, 1.807) is 36.4 Å². The number of hydrogen-bond donors (Lipinski definition) is 2. The summed E-state index contributed by atoms with van der Waals surface area (Å²) >= 11 is 0. The summed E-state index contributed by atoms with van der Waals surface area (Å²) in [7, 11) is 4.57. The molecule has 2 aromatic carbocycles. The van der Waals surface area contributed by atoms with Crippen LogP contribution in [0.15, 0.2) is 36.4 Å². The van der Waals surface area contributed by atoms with Gasteiger partial charge in [0.05, 0.1) is 39.5 Å². The van der Waals surface area contributed by atoms with Gasteiger partial charge in [0.15, 0.2) is 11.5 Å². The van der Waals surface area contributed by atoms with Crippen molar-refractivity contribution in [3.8, 4) is 23.3 Å². The minimum absolute atomic E-state index is 0.0371. The fraction of sp³-hybridized carbons (Fsp3) is 0.222. The predicted octanol–water partition coefficient (Wildman–Crippen LogP) is 2.63. The molecular weight excluding hydrogens is 322 g/mol. The molecular formula is C18H19N3O4. The van der Waals surface area contributed by atoms with E-state index in [0.717, 1.165) is 0 Å². The van der Waals surface area contributed by atoms with Crippen LogP contribution in [0.25, 0.3) is 0 Å². The molecule has 2 N–H and O–H groups in total. The van der Waals surface area contributed by atoms with Gasteiger partial charge in [-0.15, -0.1) is 0 Å². The zero-order chi connectivity index (χ0) is 18.2. The van der Waals surface area contributed by atoms with Crippen molar-refractivity contribution >= 4 is 17.3 Å². The molecule has 0 spiro atoms. The van der Waals surface area contributed by atoms with Gasteiger partial charge in [0.25, 0.3) is 0 Å². The minimum Gasteiger partial charge on any atom is -0.493 e. The van der Waals surface area contributed by atoms with Crippen molar-refractivity contribution in [3.63, 3.8) is 0 Å². The van der Waals surface area contributed by atoms with E-state index in [4.69, 9.17) is 19.5 Å². The number of hydrogen-bond acceptors (Lipinski definition) is 6. The van der Waals surface area contributed by atoms with Gasteiger partial charge in [0, 0.05) is 23.5 Å². The number of carbonyl (C=O) groups is 1. The molecule has 2 aromatic rings. The zero-order valence-electron chi connectivity index (χ0n) is 14.3. The van der Waals surface area contributed by atoms with Crippen molar-refractivity contribution in [2.45, 2.75) is 0 Å². The Hall–Kier alpha value is -3.40. The van der Waals surface area contributed by atoms with E-state index >= 15 is 0 Å². The summed E-state index contributed by atoms with van der Waals surface area (Å²) in [6.07, 6.45) is 0. The highest BCUT2D eigenvalue weighted by atomic mass is 16.5. The number of nitriles is 1. The highest BCUT2D eigenvalue weighted by Gasteiger charge is 2.13. The Bertz CT molecular complexity index is 774. The monoisotopic (exact) mass is 341 g/mol. The Kier molecular flexibility index (Phi) is 6.07. The molecule has 0 aliphatic heterocycles. The third-order valence-corrected chi connectivity index (χ3v) is 3.39. The third-order valence-electron chi connectivity index (χ3n) is 3.39. The first kappa shape index (κ1) is 17.9. The highest BCUT2D eigenvalue weighted by Crippen LogP contribution is 2.39. The van der Waals surface area contributed by atoms with Crippen molar-refractivity contribution in [3.05, 3.63) is 42.0 Å². The predicted molar refractivity (Wildman–Crippen MR) is 94.4 cm³/mol. The smallest absolute Gasteiger partial charge is 0.243 e. The molecule has 2 rings (SSSR count). The lowest BCUT2D eigenvalue weighted by Gasteiger charge is -2.15. The number of nitrogens with one attached hydrogen (secondary N) is 2. The van der Waals surface area contributed by atoms with Crippen LogP contribution in [0.2, 0.25) is 0 Å². The Morgan fingerprint density at radius 1 is 1.04 bits per heavy atom. The molecule has 0 heterocycles. The molecule has 0 bridgehead atoms. The molecule has 7 heteroatoms. The second kappa shape index (κ2) is 8.45. The van der Waals surface area contributed by atoms with Crippen LogP contribution in [-0.4, -0.2) is 33.8 Å². The Balaban J connectivity index is 2.05. The lowest BCUT2D eigenvalue weighted by Crippen LogP contribution is -2.21. The minimum atomic E-state index is -0.246. The number of methoxy groups -OCH3 is 3. The molecule has 0 atom stereocenters. The quantitative estimate of drug-likeness (QED) is 0.804. The van der Waals surface area contributed by atoms with E-state index < -0.39 is 0 Å². The van der Waals surface area contributed by atoms with Gasteiger partial charge in [0.1, 0.15) is 0 Å². The number of carbonyl (C=O) groups excluding carboxylic acids is 1. The van der Waals surface area contributed by atoms with Crippen LogP contribution in [0, 0.1) is 11.3 Å². The van der Waals surface area contributed by atoms with Crippen molar-refractivity contribution < 1.29 is 19.0 Å².